The Morgan fingerprint density at radius 1 is 1.24 bits per heavy atom. The molecular formula is C16H25Cl2N3. The summed E-state index contributed by atoms with van der Waals surface area (Å²) in [6.45, 7) is 9.22. The monoisotopic (exact) mass is 329 g/mol. The maximum atomic E-state index is 6.37. The van der Waals surface area contributed by atoms with Crippen molar-refractivity contribution in [2.75, 3.05) is 32.7 Å². The van der Waals surface area contributed by atoms with Crippen LogP contribution >= 0.6 is 23.2 Å². The molecule has 2 N–H and O–H groups in total. The van der Waals surface area contributed by atoms with Crippen molar-refractivity contribution in [3.05, 3.63) is 33.8 Å². The summed E-state index contributed by atoms with van der Waals surface area (Å²) >= 11 is 12.7. The number of rotatable bonds is 5. The van der Waals surface area contributed by atoms with Crippen LogP contribution in [-0.4, -0.2) is 48.6 Å². The number of nitrogens with zero attached hydrogens (tertiary/aromatic N) is 2. The van der Waals surface area contributed by atoms with Crippen LogP contribution in [-0.2, 0) is 0 Å². The molecule has 118 valence electrons. The second kappa shape index (κ2) is 7.80. The molecule has 2 rings (SSSR count). The Morgan fingerprint density at radius 3 is 2.43 bits per heavy atom. The van der Waals surface area contributed by atoms with E-state index in [0.717, 1.165) is 38.2 Å². The number of nitrogens with two attached hydrogens (primary N) is 1. The lowest BCUT2D eigenvalue weighted by Gasteiger charge is -2.44. The summed E-state index contributed by atoms with van der Waals surface area (Å²) in [7, 11) is 0. The Balaban J connectivity index is 2.22. The third-order valence-corrected chi connectivity index (χ3v) is 5.17. The minimum absolute atomic E-state index is 0.0965. The third-order valence-electron chi connectivity index (χ3n) is 4.51. The van der Waals surface area contributed by atoms with Crippen molar-refractivity contribution < 1.29 is 0 Å². The van der Waals surface area contributed by atoms with E-state index in [1.807, 2.05) is 18.2 Å². The van der Waals surface area contributed by atoms with Gasteiger partial charge in [-0.25, -0.2) is 0 Å². The number of hydrogen-bond donors (Lipinski definition) is 1. The molecule has 1 heterocycles. The van der Waals surface area contributed by atoms with E-state index in [4.69, 9.17) is 28.9 Å². The number of likely N-dealkylation sites (N-methyl/N-ethyl adjacent to an activating group) is 1. The average Bonchev–Trinajstić information content (AvgIpc) is 2.50. The van der Waals surface area contributed by atoms with Crippen LogP contribution in [0.25, 0.3) is 0 Å². The zero-order chi connectivity index (χ0) is 15.4. The van der Waals surface area contributed by atoms with Gasteiger partial charge in [0, 0.05) is 47.8 Å². The van der Waals surface area contributed by atoms with Crippen molar-refractivity contribution in [1.82, 2.24) is 9.80 Å². The van der Waals surface area contributed by atoms with Crippen molar-refractivity contribution in [2.24, 2.45) is 5.73 Å². The molecule has 3 nitrogen and oxygen atoms in total. The van der Waals surface area contributed by atoms with Crippen LogP contribution in [0.5, 0.6) is 0 Å². The molecule has 0 amide bonds. The molecule has 1 saturated heterocycles. The van der Waals surface area contributed by atoms with Gasteiger partial charge in [0.25, 0.3) is 0 Å². The van der Waals surface area contributed by atoms with Crippen LogP contribution in [0, 0.1) is 0 Å². The third kappa shape index (κ3) is 3.72. The van der Waals surface area contributed by atoms with Crippen LogP contribution in [0.15, 0.2) is 18.2 Å². The molecule has 0 bridgehead atoms. The minimum atomic E-state index is 0.0965. The SMILES string of the molecule is CCC1CN(C(CN)c2c(Cl)cccc2Cl)CCN1CC. The number of benzene rings is 1. The predicted molar refractivity (Wildman–Crippen MR) is 91.2 cm³/mol. The quantitative estimate of drug-likeness (QED) is 0.898. The largest absolute Gasteiger partial charge is 0.329 e. The summed E-state index contributed by atoms with van der Waals surface area (Å²) in [6.07, 6.45) is 1.15. The van der Waals surface area contributed by atoms with Crippen LogP contribution < -0.4 is 5.73 Å². The molecule has 1 fully saturated rings. The van der Waals surface area contributed by atoms with Crippen LogP contribution in [0.3, 0.4) is 0 Å². The molecule has 2 atom stereocenters. The lowest BCUT2D eigenvalue weighted by molar-refractivity contribution is 0.0509. The maximum Gasteiger partial charge on any atom is 0.0501 e. The van der Waals surface area contributed by atoms with E-state index in [1.54, 1.807) is 0 Å². The van der Waals surface area contributed by atoms with Gasteiger partial charge >= 0.3 is 0 Å². The van der Waals surface area contributed by atoms with Gasteiger partial charge in [0.15, 0.2) is 0 Å². The van der Waals surface area contributed by atoms with Crippen molar-refractivity contribution in [3.63, 3.8) is 0 Å². The highest BCUT2D eigenvalue weighted by atomic mass is 35.5. The highest BCUT2D eigenvalue weighted by molar-refractivity contribution is 6.36. The standard InChI is InChI=1S/C16H25Cl2N3/c1-3-12-11-21(9-8-20(12)4-2)15(10-19)16-13(17)6-5-7-14(16)18/h5-7,12,15H,3-4,8-11,19H2,1-2H3. The Bertz CT molecular complexity index is 447. The molecule has 5 heteroatoms. The van der Waals surface area contributed by atoms with E-state index >= 15 is 0 Å². The van der Waals surface area contributed by atoms with E-state index in [-0.39, 0.29) is 6.04 Å². The lowest BCUT2D eigenvalue weighted by atomic mass is 10.0. The van der Waals surface area contributed by atoms with Crippen LogP contribution in [0.4, 0.5) is 0 Å². The Kier molecular flexibility index (Phi) is 6.33. The molecule has 0 radical (unpaired) electrons. The van der Waals surface area contributed by atoms with E-state index in [1.165, 1.54) is 0 Å². The van der Waals surface area contributed by atoms with Crippen LogP contribution in [0.2, 0.25) is 10.0 Å². The molecule has 1 aliphatic rings. The Labute approximate surface area is 138 Å². The summed E-state index contributed by atoms with van der Waals surface area (Å²) in [5.41, 5.74) is 7.03. The molecule has 1 aromatic rings. The highest BCUT2D eigenvalue weighted by Gasteiger charge is 2.30. The van der Waals surface area contributed by atoms with Gasteiger partial charge in [0.05, 0.1) is 6.04 Å². The fourth-order valence-corrected chi connectivity index (χ4v) is 3.93. The van der Waals surface area contributed by atoms with Gasteiger partial charge in [0.1, 0.15) is 0 Å². The number of halogens is 2. The second-order valence-electron chi connectivity index (χ2n) is 5.57. The predicted octanol–water partition coefficient (Wildman–Crippen LogP) is 3.41. The Hall–Kier alpha value is -0.320. The first kappa shape index (κ1) is 17.0. The van der Waals surface area contributed by atoms with E-state index in [9.17, 15) is 0 Å². The fourth-order valence-electron chi connectivity index (χ4n) is 3.28. The number of hydrogen-bond acceptors (Lipinski definition) is 3. The number of piperazine rings is 1. The molecule has 2 unspecified atom stereocenters. The summed E-state index contributed by atoms with van der Waals surface area (Å²) < 4.78 is 0. The topological polar surface area (TPSA) is 32.5 Å². The fraction of sp³-hybridized carbons (Fsp3) is 0.625. The molecule has 21 heavy (non-hydrogen) atoms. The molecule has 0 saturated carbocycles. The van der Waals surface area contributed by atoms with Gasteiger partial charge < -0.3 is 5.73 Å². The molecule has 0 spiro atoms. The zero-order valence-electron chi connectivity index (χ0n) is 12.9. The summed E-state index contributed by atoms with van der Waals surface area (Å²) in [4.78, 5) is 4.98. The summed E-state index contributed by atoms with van der Waals surface area (Å²) in [5, 5.41) is 1.42. The zero-order valence-corrected chi connectivity index (χ0v) is 14.4. The lowest BCUT2D eigenvalue weighted by Crippen LogP contribution is -2.54. The molecular weight excluding hydrogens is 305 g/mol. The summed E-state index contributed by atoms with van der Waals surface area (Å²) in [5.74, 6) is 0. The highest BCUT2D eigenvalue weighted by Crippen LogP contribution is 2.34. The van der Waals surface area contributed by atoms with Gasteiger partial charge in [-0.3, -0.25) is 9.80 Å². The average molecular weight is 330 g/mol. The van der Waals surface area contributed by atoms with E-state index in [0.29, 0.717) is 22.6 Å². The van der Waals surface area contributed by atoms with Gasteiger partial charge in [0.2, 0.25) is 0 Å². The van der Waals surface area contributed by atoms with Crippen molar-refractivity contribution in [2.45, 2.75) is 32.4 Å². The molecule has 1 aromatic carbocycles. The maximum absolute atomic E-state index is 6.37. The smallest absolute Gasteiger partial charge is 0.0501 e. The van der Waals surface area contributed by atoms with Gasteiger partial charge in [-0.2, -0.15) is 0 Å². The van der Waals surface area contributed by atoms with E-state index < -0.39 is 0 Å². The Morgan fingerprint density at radius 2 is 1.90 bits per heavy atom. The van der Waals surface area contributed by atoms with Crippen LogP contribution in [0.1, 0.15) is 31.9 Å². The minimum Gasteiger partial charge on any atom is -0.329 e. The normalized spacial score (nSPS) is 22.4. The first-order valence-electron chi connectivity index (χ1n) is 7.74. The molecule has 0 aliphatic carbocycles. The van der Waals surface area contributed by atoms with Gasteiger partial charge in [-0.15, -0.1) is 0 Å². The second-order valence-corrected chi connectivity index (χ2v) is 6.39. The van der Waals surface area contributed by atoms with Crippen molar-refractivity contribution in [1.29, 1.82) is 0 Å². The van der Waals surface area contributed by atoms with Crippen molar-refractivity contribution in [3.8, 4) is 0 Å². The van der Waals surface area contributed by atoms with Gasteiger partial charge in [-0.05, 0) is 25.1 Å². The first-order valence-corrected chi connectivity index (χ1v) is 8.50. The van der Waals surface area contributed by atoms with Gasteiger partial charge in [-0.1, -0.05) is 43.1 Å². The molecule has 1 aliphatic heterocycles. The van der Waals surface area contributed by atoms with Crippen molar-refractivity contribution >= 4 is 23.2 Å². The van der Waals surface area contributed by atoms with E-state index in [2.05, 4.69) is 23.6 Å². The molecule has 0 aromatic heterocycles. The summed E-state index contributed by atoms with van der Waals surface area (Å²) in [6, 6.07) is 6.35. The first-order chi connectivity index (χ1) is 10.1.